The summed E-state index contributed by atoms with van der Waals surface area (Å²) < 4.78 is 9.10. The highest BCUT2D eigenvalue weighted by atomic mass is 16.5. The maximum absolute atomic E-state index is 11.0. The maximum Gasteiger partial charge on any atom is 0.407 e. The number of alkyl carbamates (subject to hydrolysis) is 1. The van der Waals surface area contributed by atoms with Gasteiger partial charge in [0, 0.05) is 12.5 Å². The lowest BCUT2D eigenvalue weighted by Crippen LogP contribution is -2.34. The van der Waals surface area contributed by atoms with Gasteiger partial charge in [0.25, 0.3) is 0 Å². The van der Waals surface area contributed by atoms with Crippen molar-refractivity contribution in [2.45, 2.75) is 51.5 Å². The molecule has 0 spiro atoms. The number of esters is 1. The van der Waals surface area contributed by atoms with Crippen LogP contribution in [-0.2, 0) is 14.3 Å². The third kappa shape index (κ3) is 8.54. The van der Waals surface area contributed by atoms with Crippen molar-refractivity contribution < 1.29 is 19.1 Å². The molecule has 0 saturated heterocycles. The first-order valence-corrected chi connectivity index (χ1v) is 6.05. The van der Waals surface area contributed by atoms with Gasteiger partial charge in [-0.3, -0.25) is 4.79 Å². The summed E-state index contributed by atoms with van der Waals surface area (Å²) in [5.74, 6) is -0.162. The average Bonchev–Trinajstić information content (AvgIpc) is 2.36. The number of ether oxygens (including phenoxy) is 2. The van der Waals surface area contributed by atoms with E-state index in [1.165, 1.54) is 14.2 Å². The van der Waals surface area contributed by atoms with Crippen LogP contribution in [0.25, 0.3) is 0 Å². The van der Waals surface area contributed by atoms with Gasteiger partial charge in [0.15, 0.2) is 0 Å². The number of methoxy groups -OCH3 is 2. The Hall–Kier alpha value is -1.26. The van der Waals surface area contributed by atoms with Crippen molar-refractivity contribution in [2.75, 3.05) is 14.2 Å². The van der Waals surface area contributed by atoms with E-state index >= 15 is 0 Å². The molecular weight excluding hydrogens is 222 g/mol. The SMILES string of the molecule is CCC(CCCCCC(=O)OC)NC(=O)OC. The molecule has 0 heterocycles. The zero-order chi connectivity index (χ0) is 13.1. The van der Waals surface area contributed by atoms with Crippen LogP contribution in [0.1, 0.15) is 45.4 Å². The normalized spacial score (nSPS) is 11.7. The second-order valence-corrected chi connectivity index (χ2v) is 3.92. The topological polar surface area (TPSA) is 64.6 Å². The van der Waals surface area contributed by atoms with Crippen LogP contribution < -0.4 is 5.32 Å². The van der Waals surface area contributed by atoms with Crippen molar-refractivity contribution in [3.05, 3.63) is 0 Å². The minimum Gasteiger partial charge on any atom is -0.469 e. The Labute approximate surface area is 103 Å². The molecule has 100 valence electrons. The molecule has 0 aliphatic heterocycles. The Morgan fingerprint density at radius 3 is 2.35 bits per heavy atom. The quantitative estimate of drug-likeness (QED) is 0.526. The molecule has 0 aromatic carbocycles. The van der Waals surface area contributed by atoms with Crippen LogP contribution in [-0.4, -0.2) is 32.3 Å². The number of carbonyl (C=O) groups excluding carboxylic acids is 2. The highest BCUT2D eigenvalue weighted by Crippen LogP contribution is 2.08. The van der Waals surface area contributed by atoms with Gasteiger partial charge in [-0.1, -0.05) is 19.8 Å². The lowest BCUT2D eigenvalue weighted by molar-refractivity contribution is -0.140. The highest BCUT2D eigenvalue weighted by molar-refractivity contribution is 5.69. The molecule has 5 nitrogen and oxygen atoms in total. The summed E-state index contributed by atoms with van der Waals surface area (Å²) >= 11 is 0. The second-order valence-electron chi connectivity index (χ2n) is 3.92. The van der Waals surface area contributed by atoms with Crippen LogP contribution in [0.2, 0.25) is 0 Å². The Morgan fingerprint density at radius 1 is 1.12 bits per heavy atom. The molecule has 0 aliphatic carbocycles. The van der Waals surface area contributed by atoms with Gasteiger partial charge in [-0.05, 0) is 19.3 Å². The summed E-state index contributed by atoms with van der Waals surface area (Å²) in [4.78, 5) is 21.9. The predicted molar refractivity (Wildman–Crippen MR) is 64.7 cm³/mol. The first-order valence-electron chi connectivity index (χ1n) is 6.05. The number of hydrogen-bond donors (Lipinski definition) is 1. The van der Waals surface area contributed by atoms with E-state index in [0.29, 0.717) is 6.42 Å². The van der Waals surface area contributed by atoms with Crippen molar-refractivity contribution in [1.29, 1.82) is 0 Å². The number of rotatable bonds is 8. The van der Waals surface area contributed by atoms with E-state index in [1.54, 1.807) is 0 Å². The lowest BCUT2D eigenvalue weighted by atomic mass is 10.1. The molecule has 0 fully saturated rings. The molecule has 0 radical (unpaired) electrons. The third-order valence-corrected chi connectivity index (χ3v) is 2.66. The summed E-state index contributed by atoms with van der Waals surface area (Å²) in [6.07, 6.45) is 4.66. The summed E-state index contributed by atoms with van der Waals surface area (Å²) in [6, 6.07) is 0.153. The van der Waals surface area contributed by atoms with Crippen molar-refractivity contribution in [3.63, 3.8) is 0 Å². The molecule has 5 heteroatoms. The maximum atomic E-state index is 11.0. The van der Waals surface area contributed by atoms with Crippen LogP contribution in [0.5, 0.6) is 0 Å². The molecule has 1 amide bonds. The second kappa shape index (κ2) is 9.93. The standard InChI is InChI=1S/C12H23NO4/c1-4-10(13-12(15)17-3)8-6-5-7-9-11(14)16-2/h10H,4-9H2,1-3H3,(H,13,15). The Balaban J connectivity index is 3.56. The molecule has 0 bridgehead atoms. The van der Waals surface area contributed by atoms with Crippen molar-refractivity contribution in [2.24, 2.45) is 0 Å². The highest BCUT2D eigenvalue weighted by Gasteiger charge is 2.09. The van der Waals surface area contributed by atoms with E-state index in [2.05, 4.69) is 14.8 Å². The number of amides is 1. The van der Waals surface area contributed by atoms with Gasteiger partial charge in [0.2, 0.25) is 0 Å². The largest absolute Gasteiger partial charge is 0.469 e. The summed E-state index contributed by atoms with van der Waals surface area (Å²) in [5, 5.41) is 2.77. The summed E-state index contributed by atoms with van der Waals surface area (Å²) in [7, 11) is 2.76. The number of hydrogen-bond acceptors (Lipinski definition) is 4. The molecule has 0 aromatic heterocycles. The smallest absolute Gasteiger partial charge is 0.407 e. The zero-order valence-corrected chi connectivity index (χ0v) is 11.0. The minimum atomic E-state index is -0.383. The van der Waals surface area contributed by atoms with Crippen LogP contribution in [0.4, 0.5) is 4.79 Å². The van der Waals surface area contributed by atoms with Gasteiger partial charge >= 0.3 is 12.1 Å². The van der Waals surface area contributed by atoms with Crippen LogP contribution >= 0.6 is 0 Å². The fraction of sp³-hybridized carbons (Fsp3) is 0.833. The molecule has 0 rings (SSSR count). The number of unbranched alkanes of at least 4 members (excludes halogenated alkanes) is 2. The zero-order valence-electron chi connectivity index (χ0n) is 11.0. The van der Waals surface area contributed by atoms with Crippen LogP contribution in [0.15, 0.2) is 0 Å². The molecule has 0 saturated carbocycles. The summed E-state index contributed by atoms with van der Waals surface area (Å²) in [5.41, 5.74) is 0. The van der Waals surface area contributed by atoms with Gasteiger partial charge in [-0.25, -0.2) is 4.79 Å². The Kier molecular flexibility index (Phi) is 9.19. The summed E-state index contributed by atoms with van der Waals surface area (Å²) in [6.45, 7) is 2.02. The van der Waals surface area contributed by atoms with E-state index in [0.717, 1.165) is 32.1 Å². The van der Waals surface area contributed by atoms with Crippen LogP contribution in [0, 0.1) is 0 Å². The fourth-order valence-electron chi connectivity index (χ4n) is 1.54. The first kappa shape index (κ1) is 15.7. The van der Waals surface area contributed by atoms with E-state index in [-0.39, 0.29) is 18.1 Å². The van der Waals surface area contributed by atoms with Crippen LogP contribution in [0.3, 0.4) is 0 Å². The van der Waals surface area contributed by atoms with Gasteiger partial charge in [-0.15, -0.1) is 0 Å². The predicted octanol–water partition coefficient (Wildman–Crippen LogP) is 2.24. The van der Waals surface area contributed by atoms with Crippen molar-refractivity contribution in [1.82, 2.24) is 5.32 Å². The monoisotopic (exact) mass is 245 g/mol. The third-order valence-electron chi connectivity index (χ3n) is 2.66. The van der Waals surface area contributed by atoms with Crippen molar-refractivity contribution in [3.8, 4) is 0 Å². The molecule has 1 atom stereocenters. The number of carbonyl (C=O) groups is 2. The van der Waals surface area contributed by atoms with E-state index in [9.17, 15) is 9.59 Å². The Bertz CT molecular complexity index is 231. The van der Waals surface area contributed by atoms with E-state index in [4.69, 9.17) is 0 Å². The molecule has 0 aliphatic rings. The number of nitrogens with one attached hydrogen (secondary N) is 1. The van der Waals surface area contributed by atoms with Gasteiger partial charge < -0.3 is 14.8 Å². The average molecular weight is 245 g/mol. The molecule has 0 aromatic rings. The van der Waals surface area contributed by atoms with Crippen molar-refractivity contribution >= 4 is 12.1 Å². The molecule has 1 N–H and O–H groups in total. The lowest BCUT2D eigenvalue weighted by Gasteiger charge is -2.15. The van der Waals surface area contributed by atoms with Gasteiger partial charge in [0.05, 0.1) is 14.2 Å². The Morgan fingerprint density at radius 2 is 1.82 bits per heavy atom. The molecule has 1 unspecified atom stereocenters. The van der Waals surface area contributed by atoms with E-state index in [1.807, 2.05) is 6.92 Å². The first-order chi connectivity index (χ1) is 8.13. The van der Waals surface area contributed by atoms with Gasteiger partial charge in [-0.2, -0.15) is 0 Å². The minimum absolute atomic E-state index is 0.153. The van der Waals surface area contributed by atoms with E-state index < -0.39 is 0 Å². The molecule has 17 heavy (non-hydrogen) atoms. The molecular formula is C12H23NO4. The van der Waals surface area contributed by atoms with Gasteiger partial charge in [0.1, 0.15) is 0 Å². The fourth-order valence-corrected chi connectivity index (χ4v) is 1.54.